The second-order valence-electron chi connectivity index (χ2n) is 2.14. The van der Waals surface area contributed by atoms with E-state index in [1.54, 1.807) is 0 Å². The fraction of sp³-hybridized carbons (Fsp3) is 0.667. The van der Waals surface area contributed by atoms with Crippen molar-refractivity contribution in [1.82, 2.24) is 0 Å². The molecule has 0 aliphatic rings. The quantitative estimate of drug-likeness (QED) is 0.515. The lowest BCUT2D eigenvalue weighted by Gasteiger charge is -2.01. The van der Waals surface area contributed by atoms with Crippen LogP contribution in [0, 0.1) is 0 Å². The van der Waals surface area contributed by atoms with Crippen molar-refractivity contribution in [1.29, 1.82) is 0 Å². The molecule has 3 N–H and O–H groups in total. The average Bonchev–Trinajstić information content (AvgIpc) is 1.86. The van der Waals surface area contributed by atoms with Gasteiger partial charge in [-0.15, -0.1) is 0 Å². The minimum atomic E-state index is -1.44. The lowest BCUT2D eigenvalue weighted by Crippen LogP contribution is -2.19. The van der Waals surface area contributed by atoms with E-state index in [0.717, 1.165) is 0 Å². The van der Waals surface area contributed by atoms with Crippen molar-refractivity contribution in [2.45, 2.75) is 25.4 Å². The third-order valence-corrected chi connectivity index (χ3v) is 1.15. The summed E-state index contributed by atoms with van der Waals surface area (Å²) in [6, 6.07) is 0. The van der Waals surface area contributed by atoms with Gasteiger partial charge in [-0.25, -0.2) is 4.79 Å². The van der Waals surface area contributed by atoms with Crippen LogP contribution in [-0.2, 0) is 9.59 Å². The second kappa shape index (κ2) is 4.68. The van der Waals surface area contributed by atoms with Crippen LogP contribution in [0.15, 0.2) is 0 Å². The standard InChI is InChI=1S/C6H10O5/c7-4(6(10)11)2-1-3-5(8)9/h4,7H,1-3H2,(H,8,9)(H,10,11). The first-order chi connectivity index (χ1) is 5.04. The number of aliphatic hydroxyl groups is 1. The average molecular weight is 162 g/mol. The van der Waals surface area contributed by atoms with Gasteiger partial charge in [0.15, 0.2) is 6.10 Å². The number of rotatable bonds is 5. The molecule has 5 heteroatoms. The Balaban J connectivity index is 3.39. The molecular weight excluding hydrogens is 152 g/mol. The van der Waals surface area contributed by atoms with Crippen LogP contribution in [0.25, 0.3) is 0 Å². The Hall–Kier alpha value is -1.10. The van der Waals surface area contributed by atoms with Crippen molar-refractivity contribution in [3.8, 4) is 0 Å². The van der Waals surface area contributed by atoms with Gasteiger partial charge in [0.25, 0.3) is 0 Å². The smallest absolute Gasteiger partial charge is 0.332 e. The van der Waals surface area contributed by atoms with Crippen molar-refractivity contribution in [2.75, 3.05) is 0 Å². The number of carboxylic acid groups (broad SMARTS) is 2. The Morgan fingerprint density at radius 1 is 1.27 bits per heavy atom. The fourth-order valence-electron chi connectivity index (χ4n) is 0.570. The Bertz CT molecular complexity index is 153. The molecule has 11 heavy (non-hydrogen) atoms. The Kier molecular flexibility index (Phi) is 4.21. The van der Waals surface area contributed by atoms with Crippen LogP contribution in [0.5, 0.6) is 0 Å². The van der Waals surface area contributed by atoms with Crippen LogP contribution in [0.3, 0.4) is 0 Å². The molecule has 0 saturated carbocycles. The van der Waals surface area contributed by atoms with E-state index in [1.807, 2.05) is 0 Å². The molecule has 0 aromatic rings. The minimum absolute atomic E-state index is 0.0123. The highest BCUT2D eigenvalue weighted by atomic mass is 16.4. The molecule has 0 rings (SSSR count). The first-order valence-corrected chi connectivity index (χ1v) is 3.16. The van der Waals surface area contributed by atoms with Gasteiger partial charge in [-0.1, -0.05) is 0 Å². The zero-order chi connectivity index (χ0) is 8.85. The number of hydrogen-bond acceptors (Lipinski definition) is 3. The molecule has 0 aromatic heterocycles. The summed E-state index contributed by atoms with van der Waals surface area (Å²) < 4.78 is 0. The van der Waals surface area contributed by atoms with Gasteiger partial charge in [0.05, 0.1) is 0 Å². The molecule has 0 aliphatic carbocycles. The summed E-state index contributed by atoms with van der Waals surface area (Å²) in [6.45, 7) is 0. The molecule has 1 unspecified atom stereocenters. The molecule has 0 heterocycles. The molecular formula is C6H10O5. The van der Waals surface area contributed by atoms with E-state index in [-0.39, 0.29) is 19.3 Å². The molecule has 64 valence electrons. The molecule has 0 spiro atoms. The molecule has 0 aromatic carbocycles. The normalized spacial score (nSPS) is 12.5. The van der Waals surface area contributed by atoms with Gasteiger partial charge in [0, 0.05) is 6.42 Å². The molecule has 0 bridgehead atoms. The van der Waals surface area contributed by atoms with Crippen LogP contribution in [-0.4, -0.2) is 33.4 Å². The topological polar surface area (TPSA) is 94.8 Å². The van der Waals surface area contributed by atoms with Crippen LogP contribution in [0.2, 0.25) is 0 Å². The fourth-order valence-corrected chi connectivity index (χ4v) is 0.570. The maximum Gasteiger partial charge on any atom is 0.332 e. The van der Waals surface area contributed by atoms with E-state index in [0.29, 0.717) is 0 Å². The summed E-state index contributed by atoms with van der Waals surface area (Å²) in [6.07, 6.45) is -1.37. The molecule has 5 nitrogen and oxygen atoms in total. The number of aliphatic hydroxyl groups excluding tert-OH is 1. The molecule has 0 fully saturated rings. The monoisotopic (exact) mass is 162 g/mol. The molecule has 0 aliphatic heterocycles. The van der Waals surface area contributed by atoms with Crippen molar-refractivity contribution in [2.24, 2.45) is 0 Å². The summed E-state index contributed by atoms with van der Waals surface area (Å²) in [5.41, 5.74) is 0. The van der Waals surface area contributed by atoms with E-state index in [2.05, 4.69) is 0 Å². The van der Waals surface area contributed by atoms with Gasteiger partial charge in [0.2, 0.25) is 0 Å². The number of carboxylic acids is 2. The zero-order valence-corrected chi connectivity index (χ0v) is 5.86. The summed E-state index contributed by atoms with van der Waals surface area (Å²) in [4.78, 5) is 19.9. The van der Waals surface area contributed by atoms with Crippen molar-refractivity contribution in [3.05, 3.63) is 0 Å². The molecule has 1 atom stereocenters. The Morgan fingerprint density at radius 3 is 2.18 bits per heavy atom. The molecule has 0 radical (unpaired) electrons. The summed E-state index contributed by atoms with van der Waals surface area (Å²) in [5.74, 6) is -2.29. The van der Waals surface area contributed by atoms with Crippen LogP contribution in [0.4, 0.5) is 0 Å². The molecule has 0 saturated heterocycles. The Morgan fingerprint density at radius 2 is 1.82 bits per heavy atom. The number of aliphatic carboxylic acids is 2. The van der Waals surface area contributed by atoms with Gasteiger partial charge >= 0.3 is 11.9 Å². The van der Waals surface area contributed by atoms with E-state index in [9.17, 15) is 9.59 Å². The maximum atomic E-state index is 9.98. The Labute approximate surface area is 63.3 Å². The summed E-state index contributed by atoms with van der Waals surface area (Å²) in [5, 5.41) is 24.9. The van der Waals surface area contributed by atoms with Crippen molar-refractivity contribution in [3.63, 3.8) is 0 Å². The van der Waals surface area contributed by atoms with E-state index in [1.165, 1.54) is 0 Å². The largest absolute Gasteiger partial charge is 0.481 e. The minimum Gasteiger partial charge on any atom is -0.481 e. The van der Waals surface area contributed by atoms with Crippen molar-refractivity contribution < 1.29 is 24.9 Å². The first-order valence-electron chi connectivity index (χ1n) is 3.16. The maximum absolute atomic E-state index is 9.98. The van der Waals surface area contributed by atoms with E-state index < -0.39 is 18.0 Å². The van der Waals surface area contributed by atoms with Crippen molar-refractivity contribution >= 4 is 11.9 Å². The third-order valence-electron chi connectivity index (χ3n) is 1.15. The van der Waals surface area contributed by atoms with E-state index in [4.69, 9.17) is 15.3 Å². The van der Waals surface area contributed by atoms with Gasteiger partial charge in [-0.3, -0.25) is 4.79 Å². The third kappa shape index (κ3) is 5.35. The van der Waals surface area contributed by atoms with Crippen LogP contribution < -0.4 is 0 Å². The predicted molar refractivity (Wildman–Crippen MR) is 35.1 cm³/mol. The van der Waals surface area contributed by atoms with Gasteiger partial charge < -0.3 is 15.3 Å². The van der Waals surface area contributed by atoms with Crippen LogP contribution in [0.1, 0.15) is 19.3 Å². The molecule has 0 amide bonds. The number of hydrogen-bond donors (Lipinski definition) is 3. The second-order valence-corrected chi connectivity index (χ2v) is 2.14. The highest BCUT2D eigenvalue weighted by Crippen LogP contribution is 2.00. The SMILES string of the molecule is O=C(O)CCCC(O)C(=O)O. The predicted octanol–water partition coefficient (Wildman–Crippen LogP) is -0.313. The highest BCUT2D eigenvalue weighted by molar-refractivity contribution is 5.72. The lowest BCUT2D eigenvalue weighted by atomic mass is 10.1. The van der Waals surface area contributed by atoms with E-state index >= 15 is 0 Å². The highest BCUT2D eigenvalue weighted by Gasteiger charge is 2.12. The zero-order valence-electron chi connectivity index (χ0n) is 5.86. The number of carbonyl (C=O) groups is 2. The van der Waals surface area contributed by atoms with Gasteiger partial charge in [-0.05, 0) is 12.8 Å². The van der Waals surface area contributed by atoms with Gasteiger partial charge in [0.1, 0.15) is 0 Å². The lowest BCUT2D eigenvalue weighted by molar-refractivity contribution is -0.147. The summed E-state index contributed by atoms with van der Waals surface area (Å²) >= 11 is 0. The van der Waals surface area contributed by atoms with Gasteiger partial charge in [-0.2, -0.15) is 0 Å². The first kappa shape index (κ1) is 9.90. The van der Waals surface area contributed by atoms with Crippen LogP contribution >= 0.6 is 0 Å². The summed E-state index contributed by atoms with van der Waals surface area (Å²) in [7, 11) is 0.